The molecule has 5 rings (SSSR count). The van der Waals surface area contributed by atoms with Gasteiger partial charge in [-0.05, 0) is 60.7 Å². The average molecular weight is 407 g/mol. The first kappa shape index (κ1) is 17.7. The van der Waals surface area contributed by atoms with E-state index in [1.165, 1.54) is 22.6 Å². The van der Waals surface area contributed by atoms with Crippen molar-refractivity contribution in [2.75, 3.05) is 22.9 Å². The smallest absolute Gasteiger partial charge is 0.149 e. The lowest BCUT2D eigenvalue weighted by Gasteiger charge is -2.29. The van der Waals surface area contributed by atoms with Crippen molar-refractivity contribution >= 4 is 34.3 Å². The lowest BCUT2D eigenvalue weighted by Crippen LogP contribution is -2.27. The van der Waals surface area contributed by atoms with E-state index in [1.807, 2.05) is 23.5 Å². The van der Waals surface area contributed by atoms with Crippen molar-refractivity contribution < 1.29 is 0 Å². The number of hydrogen-bond acceptors (Lipinski definition) is 6. The van der Waals surface area contributed by atoms with E-state index in [9.17, 15) is 5.26 Å². The summed E-state index contributed by atoms with van der Waals surface area (Å²) in [6, 6.07) is 15.8. The van der Waals surface area contributed by atoms with Gasteiger partial charge < -0.3 is 9.80 Å². The molecule has 0 aromatic carbocycles. The highest BCUT2D eigenvalue weighted by Crippen LogP contribution is 2.41. The van der Waals surface area contributed by atoms with Crippen LogP contribution < -0.4 is 9.80 Å². The maximum Gasteiger partial charge on any atom is 0.149 e. The van der Waals surface area contributed by atoms with E-state index in [1.54, 1.807) is 11.3 Å². The molecular weight excluding hydrogens is 384 g/mol. The van der Waals surface area contributed by atoms with Crippen molar-refractivity contribution in [1.29, 1.82) is 5.26 Å². The molecule has 6 heteroatoms. The average Bonchev–Trinajstić information content (AvgIpc) is 3.52. The highest BCUT2D eigenvalue weighted by molar-refractivity contribution is 7.10. The molecule has 2 atom stereocenters. The minimum absolute atomic E-state index is 0.335. The molecule has 2 aliphatic rings. The highest BCUT2D eigenvalue weighted by atomic mass is 32.1. The molecule has 142 valence electrons. The molecule has 0 N–H and O–H groups in total. The fourth-order valence-electron chi connectivity index (χ4n) is 4.52. The third-order valence-corrected chi connectivity index (χ3v) is 7.74. The van der Waals surface area contributed by atoms with E-state index in [2.05, 4.69) is 50.9 Å². The summed E-state index contributed by atoms with van der Waals surface area (Å²) in [7, 11) is 0. The van der Waals surface area contributed by atoms with Crippen LogP contribution in [0, 0.1) is 11.3 Å². The van der Waals surface area contributed by atoms with Gasteiger partial charge in [0.25, 0.3) is 0 Å². The molecule has 0 radical (unpaired) electrons. The van der Waals surface area contributed by atoms with Gasteiger partial charge in [-0.25, -0.2) is 4.98 Å². The topological polar surface area (TPSA) is 43.2 Å². The Balaban J connectivity index is 1.51. The summed E-state index contributed by atoms with van der Waals surface area (Å²) in [5.74, 6) is 1.86. The number of nitriles is 1. The SMILES string of the molecule is N#Cc1ccc(N2CCCC2c2cccs2)nc1N1CCCC1c1cccs1. The van der Waals surface area contributed by atoms with Crippen molar-refractivity contribution in [3.8, 4) is 6.07 Å². The van der Waals surface area contributed by atoms with Crippen LogP contribution in [0.1, 0.15) is 53.1 Å². The molecule has 0 spiro atoms. The molecule has 2 unspecified atom stereocenters. The number of pyridine rings is 1. The monoisotopic (exact) mass is 406 g/mol. The number of rotatable bonds is 4. The predicted octanol–water partition coefficient (Wildman–Crippen LogP) is 5.76. The first-order chi connectivity index (χ1) is 13.8. The van der Waals surface area contributed by atoms with Crippen LogP contribution in [0.2, 0.25) is 0 Å². The molecular formula is C22H22N4S2. The van der Waals surface area contributed by atoms with Crippen LogP contribution in [0.3, 0.4) is 0 Å². The summed E-state index contributed by atoms with van der Waals surface area (Å²) in [6.45, 7) is 1.98. The van der Waals surface area contributed by atoms with E-state index in [0.717, 1.165) is 37.6 Å². The Morgan fingerprint density at radius 2 is 1.54 bits per heavy atom. The van der Waals surface area contributed by atoms with E-state index >= 15 is 0 Å². The van der Waals surface area contributed by atoms with Gasteiger partial charge in [0.1, 0.15) is 17.7 Å². The van der Waals surface area contributed by atoms with Gasteiger partial charge in [-0.1, -0.05) is 12.1 Å². The molecule has 2 aliphatic heterocycles. The van der Waals surface area contributed by atoms with Gasteiger partial charge in [0, 0.05) is 22.8 Å². The number of hydrogen-bond donors (Lipinski definition) is 0. The molecule has 5 heterocycles. The fourth-order valence-corrected chi connectivity index (χ4v) is 6.27. The molecule has 0 aliphatic carbocycles. The van der Waals surface area contributed by atoms with Crippen molar-refractivity contribution in [3.05, 3.63) is 62.5 Å². The van der Waals surface area contributed by atoms with Crippen LogP contribution >= 0.6 is 22.7 Å². The van der Waals surface area contributed by atoms with Gasteiger partial charge >= 0.3 is 0 Å². The van der Waals surface area contributed by atoms with Crippen LogP contribution in [0.25, 0.3) is 0 Å². The van der Waals surface area contributed by atoms with Crippen molar-refractivity contribution in [1.82, 2.24) is 4.98 Å². The van der Waals surface area contributed by atoms with Crippen LogP contribution in [-0.2, 0) is 0 Å². The number of anilines is 2. The standard InChI is InChI=1S/C22H22N4S2/c23-15-16-9-10-21(25-11-1-5-17(25)19-7-3-13-27-19)24-22(16)26-12-2-6-18(26)20-8-4-14-28-20/h3-4,7-10,13-14,17-18H,1-2,5-6,11-12H2. The van der Waals surface area contributed by atoms with Gasteiger partial charge in [0.05, 0.1) is 17.6 Å². The Morgan fingerprint density at radius 1 is 0.893 bits per heavy atom. The van der Waals surface area contributed by atoms with Gasteiger partial charge in [-0.2, -0.15) is 5.26 Å². The van der Waals surface area contributed by atoms with E-state index < -0.39 is 0 Å². The van der Waals surface area contributed by atoms with Gasteiger partial charge in [0.15, 0.2) is 0 Å². The molecule has 0 amide bonds. The van der Waals surface area contributed by atoms with Crippen LogP contribution in [0.15, 0.2) is 47.2 Å². The summed E-state index contributed by atoms with van der Waals surface area (Å²) in [5.41, 5.74) is 0.680. The zero-order valence-electron chi connectivity index (χ0n) is 15.6. The summed E-state index contributed by atoms with van der Waals surface area (Å²) in [6.07, 6.45) is 4.61. The Kier molecular flexibility index (Phi) is 4.79. The van der Waals surface area contributed by atoms with E-state index in [4.69, 9.17) is 4.98 Å². The second-order valence-electron chi connectivity index (χ2n) is 7.39. The predicted molar refractivity (Wildman–Crippen MR) is 116 cm³/mol. The Labute approximate surface area is 173 Å². The molecule has 0 saturated carbocycles. The summed E-state index contributed by atoms with van der Waals surface area (Å²) in [4.78, 5) is 12.6. The third kappa shape index (κ3) is 3.09. The number of nitrogens with zero attached hydrogens (tertiary/aromatic N) is 4. The summed E-state index contributed by atoms with van der Waals surface area (Å²) < 4.78 is 0. The first-order valence-corrected chi connectivity index (χ1v) is 11.6. The second kappa shape index (κ2) is 7.57. The molecule has 0 bridgehead atoms. The quantitative estimate of drug-likeness (QED) is 0.552. The van der Waals surface area contributed by atoms with Crippen LogP contribution in [0.4, 0.5) is 11.6 Å². The first-order valence-electron chi connectivity index (χ1n) is 9.86. The second-order valence-corrected chi connectivity index (χ2v) is 9.34. The lowest BCUT2D eigenvalue weighted by molar-refractivity contribution is 0.710. The molecule has 4 nitrogen and oxygen atoms in total. The minimum Gasteiger partial charge on any atom is -0.349 e. The molecule has 3 aromatic rings. The molecule has 2 fully saturated rings. The molecule has 28 heavy (non-hydrogen) atoms. The largest absolute Gasteiger partial charge is 0.349 e. The molecule has 3 aromatic heterocycles. The lowest BCUT2D eigenvalue weighted by atomic mass is 10.1. The zero-order chi connectivity index (χ0) is 18.9. The summed E-state index contributed by atoms with van der Waals surface area (Å²) >= 11 is 3.62. The normalized spacial score (nSPS) is 22.0. The molecule has 2 saturated heterocycles. The maximum atomic E-state index is 9.73. The minimum atomic E-state index is 0.335. The highest BCUT2D eigenvalue weighted by Gasteiger charge is 2.32. The Bertz CT molecular complexity index is 975. The van der Waals surface area contributed by atoms with Crippen LogP contribution in [0.5, 0.6) is 0 Å². The maximum absolute atomic E-state index is 9.73. The van der Waals surface area contributed by atoms with Crippen molar-refractivity contribution in [2.24, 2.45) is 0 Å². The van der Waals surface area contributed by atoms with Crippen molar-refractivity contribution in [3.63, 3.8) is 0 Å². The Hall–Kier alpha value is -2.36. The third-order valence-electron chi connectivity index (χ3n) is 5.80. The fraction of sp³-hybridized carbons (Fsp3) is 0.364. The van der Waals surface area contributed by atoms with Gasteiger partial charge in [-0.3, -0.25) is 0 Å². The summed E-state index contributed by atoms with van der Waals surface area (Å²) in [5, 5.41) is 14.0. The number of thiophene rings is 2. The van der Waals surface area contributed by atoms with Crippen molar-refractivity contribution in [2.45, 2.75) is 37.8 Å². The van der Waals surface area contributed by atoms with Crippen LogP contribution in [-0.4, -0.2) is 18.1 Å². The van der Waals surface area contributed by atoms with E-state index in [-0.39, 0.29) is 0 Å². The van der Waals surface area contributed by atoms with Gasteiger partial charge in [-0.15, -0.1) is 22.7 Å². The van der Waals surface area contributed by atoms with E-state index in [0.29, 0.717) is 17.6 Å². The van der Waals surface area contributed by atoms with Gasteiger partial charge in [0.2, 0.25) is 0 Å². The zero-order valence-corrected chi connectivity index (χ0v) is 17.3. The number of aromatic nitrogens is 1. The Morgan fingerprint density at radius 3 is 2.14 bits per heavy atom.